The molecule has 2 aromatic rings. The van der Waals surface area contributed by atoms with Crippen LogP contribution < -0.4 is 10.6 Å². The van der Waals surface area contributed by atoms with Gasteiger partial charge in [0.15, 0.2) is 0 Å². The Labute approximate surface area is 130 Å². The number of anilines is 1. The zero-order valence-electron chi connectivity index (χ0n) is 12.7. The van der Waals surface area contributed by atoms with Crippen LogP contribution in [-0.2, 0) is 6.54 Å². The van der Waals surface area contributed by atoms with Gasteiger partial charge in [0, 0.05) is 18.2 Å². The lowest BCUT2D eigenvalue weighted by Gasteiger charge is -2.08. The lowest BCUT2D eigenvalue weighted by molar-refractivity contribution is 0.251. The zero-order chi connectivity index (χ0) is 15.8. The largest absolute Gasteiger partial charge is 0.394 e. The Balaban J connectivity index is 2.12. The number of rotatable bonds is 7. The summed E-state index contributed by atoms with van der Waals surface area (Å²) in [7, 11) is 0. The van der Waals surface area contributed by atoms with Crippen molar-refractivity contribution in [2.45, 2.75) is 26.3 Å². The fraction of sp³-hybridized carbons (Fsp3) is 0.375. The second-order valence-electron chi connectivity index (χ2n) is 4.96. The molecule has 0 saturated carbocycles. The van der Waals surface area contributed by atoms with Crippen molar-refractivity contribution in [2.75, 3.05) is 18.5 Å². The number of nitrogens with zero attached hydrogens (tertiary/aromatic N) is 2. The van der Waals surface area contributed by atoms with Crippen LogP contribution in [0.25, 0.3) is 11.3 Å². The van der Waals surface area contributed by atoms with Crippen molar-refractivity contribution in [2.24, 2.45) is 0 Å². The molecule has 3 N–H and O–H groups in total. The van der Waals surface area contributed by atoms with Gasteiger partial charge in [-0.3, -0.25) is 5.32 Å². The van der Waals surface area contributed by atoms with Crippen LogP contribution in [0.3, 0.4) is 0 Å². The number of aliphatic hydroxyl groups excluding tert-OH is 1. The van der Waals surface area contributed by atoms with Gasteiger partial charge < -0.3 is 10.4 Å². The summed E-state index contributed by atoms with van der Waals surface area (Å²) in [4.78, 5) is 11.9. The van der Waals surface area contributed by atoms with E-state index in [0.717, 1.165) is 24.1 Å². The van der Waals surface area contributed by atoms with Crippen molar-refractivity contribution in [3.8, 4) is 11.3 Å². The van der Waals surface area contributed by atoms with E-state index in [2.05, 4.69) is 22.7 Å². The molecule has 0 spiro atoms. The van der Waals surface area contributed by atoms with Gasteiger partial charge in [0.25, 0.3) is 0 Å². The standard InChI is InChI=1S/C16H22N4O2/c1-2-3-9-17-16(22)18-15-12-14(19-20(15)10-11-21)13-7-5-4-6-8-13/h4-8,12,21H,2-3,9-11H2,1H3,(H2,17,18,22). The fourth-order valence-corrected chi connectivity index (χ4v) is 2.07. The molecule has 1 aromatic carbocycles. The minimum Gasteiger partial charge on any atom is -0.394 e. The molecule has 6 nitrogen and oxygen atoms in total. The molecule has 0 unspecified atom stereocenters. The third-order valence-electron chi connectivity index (χ3n) is 3.22. The number of urea groups is 1. The quantitative estimate of drug-likeness (QED) is 0.687. The number of carbonyl (C=O) groups excluding carboxylic acids is 1. The van der Waals surface area contributed by atoms with Gasteiger partial charge in [-0.15, -0.1) is 0 Å². The molecule has 22 heavy (non-hydrogen) atoms. The highest BCUT2D eigenvalue weighted by molar-refractivity contribution is 5.89. The van der Waals surface area contributed by atoms with E-state index in [-0.39, 0.29) is 12.6 Å². The number of unbranched alkanes of at least 4 members (excludes halogenated alkanes) is 1. The Hall–Kier alpha value is -2.34. The van der Waals surface area contributed by atoms with Gasteiger partial charge in [-0.1, -0.05) is 43.7 Å². The van der Waals surface area contributed by atoms with E-state index in [1.807, 2.05) is 36.4 Å². The molecule has 0 aliphatic heterocycles. The van der Waals surface area contributed by atoms with E-state index >= 15 is 0 Å². The van der Waals surface area contributed by atoms with Crippen molar-refractivity contribution in [3.05, 3.63) is 36.4 Å². The Morgan fingerprint density at radius 2 is 2.09 bits per heavy atom. The number of aliphatic hydroxyl groups is 1. The Bertz CT molecular complexity index is 595. The number of benzene rings is 1. The smallest absolute Gasteiger partial charge is 0.320 e. The molecule has 0 aliphatic carbocycles. The summed E-state index contributed by atoms with van der Waals surface area (Å²) >= 11 is 0. The van der Waals surface area contributed by atoms with Crippen LogP contribution >= 0.6 is 0 Å². The average molecular weight is 302 g/mol. The van der Waals surface area contributed by atoms with E-state index in [1.165, 1.54) is 0 Å². The molecule has 1 heterocycles. The van der Waals surface area contributed by atoms with Crippen molar-refractivity contribution in [1.29, 1.82) is 0 Å². The van der Waals surface area contributed by atoms with Crippen LogP contribution in [-0.4, -0.2) is 34.1 Å². The first-order valence-corrected chi connectivity index (χ1v) is 7.53. The number of hydrogen-bond acceptors (Lipinski definition) is 3. The molecule has 0 fully saturated rings. The highest BCUT2D eigenvalue weighted by Crippen LogP contribution is 2.21. The van der Waals surface area contributed by atoms with Crippen molar-refractivity contribution < 1.29 is 9.90 Å². The molecule has 0 saturated heterocycles. The normalized spacial score (nSPS) is 10.5. The number of aromatic nitrogens is 2. The van der Waals surface area contributed by atoms with Gasteiger partial charge in [-0.05, 0) is 6.42 Å². The minimum absolute atomic E-state index is 0.0396. The average Bonchev–Trinajstić information content (AvgIpc) is 2.92. The zero-order valence-corrected chi connectivity index (χ0v) is 12.7. The third-order valence-corrected chi connectivity index (χ3v) is 3.22. The van der Waals surface area contributed by atoms with Crippen LogP contribution in [0, 0.1) is 0 Å². The van der Waals surface area contributed by atoms with E-state index < -0.39 is 0 Å². The molecular formula is C16H22N4O2. The van der Waals surface area contributed by atoms with Gasteiger partial charge in [0.1, 0.15) is 5.82 Å². The molecule has 0 aliphatic rings. The second-order valence-corrected chi connectivity index (χ2v) is 4.96. The molecule has 0 radical (unpaired) electrons. The molecule has 6 heteroatoms. The summed E-state index contributed by atoms with van der Waals surface area (Å²) in [6.07, 6.45) is 1.97. The van der Waals surface area contributed by atoms with Gasteiger partial charge in [-0.2, -0.15) is 5.10 Å². The summed E-state index contributed by atoms with van der Waals surface area (Å²) in [5, 5.41) is 19.2. The highest BCUT2D eigenvalue weighted by atomic mass is 16.3. The second kappa shape index (κ2) is 8.19. The van der Waals surface area contributed by atoms with E-state index in [4.69, 9.17) is 5.11 Å². The summed E-state index contributed by atoms with van der Waals surface area (Å²) in [5.41, 5.74) is 1.73. The first-order valence-electron chi connectivity index (χ1n) is 7.53. The first kappa shape index (κ1) is 16.0. The van der Waals surface area contributed by atoms with Crippen molar-refractivity contribution in [1.82, 2.24) is 15.1 Å². The highest BCUT2D eigenvalue weighted by Gasteiger charge is 2.11. The van der Waals surface area contributed by atoms with Gasteiger partial charge in [0.2, 0.25) is 0 Å². The predicted octanol–water partition coefficient (Wildman–Crippen LogP) is 2.46. The summed E-state index contributed by atoms with van der Waals surface area (Å²) < 4.78 is 1.60. The third kappa shape index (κ3) is 4.33. The Morgan fingerprint density at radius 3 is 2.77 bits per heavy atom. The maximum atomic E-state index is 11.9. The maximum Gasteiger partial charge on any atom is 0.320 e. The number of amides is 2. The topological polar surface area (TPSA) is 79.2 Å². The van der Waals surface area contributed by atoms with Crippen LogP contribution in [0.2, 0.25) is 0 Å². The molecule has 118 valence electrons. The van der Waals surface area contributed by atoms with Gasteiger partial charge in [-0.25, -0.2) is 9.48 Å². The molecule has 2 rings (SSSR count). The van der Waals surface area contributed by atoms with Gasteiger partial charge in [0.05, 0.1) is 18.8 Å². The first-order chi connectivity index (χ1) is 10.7. The SMILES string of the molecule is CCCCNC(=O)Nc1cc(-c2ccccc2)nn1CCO. The molecule has 2 amide bonds. The van der Waals surface area contributed by atoms with Crippen LogP contribution in [0.1, 0.15) is 19.8 Å². The van der Waals surface area contributed by atoms with Crippen molar-refractivity contribution >= 4 is 11.8 Å². The minimum atomic E-state index is -0.257. The number of carbonyl (C=O) groups is 1. The van der Waals surface area contributed by atoms with Crippen LogP contribution in [0.4, 0.5) is 10.6 Å². The van der Waals surface area contributed by atoms with Crippen LogP contribution in [0.5, 0.6) is 0 Å². The lowest BCUT2D eigenvalue weighted by atomic mass is 10.2. The lowest BCUT2D eigenvalue weighted by Crippen LogP contribution is -2.30. The van der Waals surface area contributed by atoms with Crippen LogP contribution in [0.15, 0.2) is 36.4 Å². The Kier molecular flexibility index (Phi) is 5.97. The van der Waals surface area contributed by atoms with E-state index in [9.17, 15) is 4.79 Å². The summed E-state index contributed by atoms with van der Waals surface area (Å²) in [6.45, 7) is 3.00. The summed E-state index contributed by atoms with van der Waals surface area (Å²) in [6, 6.07) is 11.3. The monoisotopic (exact) mass is 302 g/mol. The molecule has 0 atom stereocenters. The maximum absolute atomic E-state index is 11.9. The number of hydrogen-bond donors (Lipinski definition) is 3. The summed E-state index contributed by atoms with van der Waals surface area (Å²) in [5.74, 6) is 0.571. The van der Waals surface area contributed by atoms with E-state index in [1.54, 1.807) is 4.68 Å². The van der Waals surface area contributed by atoms with Crippen molar-refractivity contribution in [3.63, 3.8) is 0 Å². The van der Waals surface area contributed by atoms with E-state index in [0.29, 0.717) is 18.9 Å². The Morgan fingerprint density at radius 1 is 1.32 bits per heavy atom. The fourth-order valence-electron chi connectivity index (χ4n) is 2.07. The predicted molar refractivity (Wildman–Crippen MR) is 86.7 cm³/mol. The van der Waals surface area contributed by atoms with Gasteiger partial charge >= 0.3 is 6.03 Å². The number of nitrogens with one attached hydrogen (secondary N) is 2. The molecular weight excluding hydrogens is 280 g/mol. The molecule has 0 bridgehead atoms. The molecule has 1 aromatic heterocycles.